The van der Waals surface area contributed by atoms with Crippen LogP contribution in [0.3, 0.4) is 0 Å². The fraction of sp³-hybridized carbons (Fsp3) is 0.250. The van der Waals surface area contributed by atoms with Crippen molar-refractivity contribution in [3.63, 3.8) is 0 Å². The van der Waals surface area contributed by atoms with Crippen molar-refractivity contribution in [2.24, 2.45) is 5.73 Å². The Morgan fingerprint density at radius 3 is 2.86 bits per heavy atom. The van der Waals surface area contributed by atoms with E-state index in [-0.39, 0.29) is 11.7 Å². The van der Waals surface area contributed by atoms with Crippen molar-refractivity contribution in [2.75, 3.05) is 0 Å². The van der Waals surface area contributed by atoms with Crippen molar-refractivity contribution in [2.45, 2.75) is 18.4 Å². The van der Waals surface area contributed by atoms with Gasteiger partial charge in [0, 0.05) is 17.9 Å². The second-order valence-corrected chi connectivity index (χ2v) is 3.49. The Hall–Kier alpha value is -1.59. The molecule has 2 unspecified atom stereocenters. The molecule has 1 aliphatic rings. The number of ketones is 1. The molecule has 0 fully saturated rings. The van der Waals surface area contributed by atoms with Gasteiger partial charge in [-0.25, -0.2) is 0 Å². The van der Waals surface area contributed by atoms with E-state index in [1.807, 2.05) is 24.3 Å². The lowest BCUT2D eigenvalue weighted by Gasteiger charge is -2.11. The van der Waals surface area contributed by atoms with Crippen molar-refractivity contribution in [3.8, 4) is 12.3 Å². The minimum absolute atomic E-state index is 0.00343. The molecule has 0 spiro atoms. The lowest BCUT2D eigenvalue weighted by Crippen LogP contribution is -2.30. The molecule has 0 aliphatic heterocycles. The van der Waals surface area contributed by atoms with Crippen LogP contribution in [0.1, 0.15) is 28.3 Å². The van der Waals surface area contributed by atoms with E-state index < -0.39 is 6.04 Å². The molecule has 0 saturated carbocycles. The van der Waals surface area contributed by atoms with Gasteiger partial charge < -0.3 is 5.73 Å². The molecular weight excluding hydrogens is 174 g/mol. The summed E-state index contributed by atoms with van der Waals surface area (Å²) >= 11 is 0. The topological polar surface area (TPSA) is 43.1 Å². The Morgan fingerprint density at radius 1 is 1.43 bits per heavy atom. The summed E-state index contributed by atoms with van der Waals surface area (Å²) in [7, 11) is 0. The molecule has 0 saturated heterocycles. The number of hydrogen-bond acceptors (Lipinski definition) is 2. The lowest BCUT2D eigenvalue weighted by atomic mass is 9.96. The smallest absolute Gasteiger partial charge is 0.180 e. The highest BCUT2D eigenvalue weighted by Crippen LogP contribution is 2.33. The number of fused-ring (bicyclic) bond motifs is 1. The largest absolute Gasteiger partial charge is 0.321 e. The van der Waals surface area contributed by atoms with Crippen LogP contribution in [0.5, 0.6) is 0 Å². The van der Waals surface area contributed by atoms with E-state index in [0.717, 1.165) is 11.1 Å². The van der Waals surface area contributed by atoms with Crippen LogP contribution in [0.15, 0.2) is 24.3 Å². The molecule has 2 atom stereocenters. The summed E-state index contributed by atoms with van der Waals surface area (Å²) in [5.74, 6) is 2.59. The fourth-order valence-electron chi connectivity index (χ4n) is 1.96. The number of rotatable bonds is 1. The average molecular weight is 185 g/mol. The summed E-state index contributed by atoms with van der Waals surface area (Å²) in [6.45, 7) is 0. The predicted molar refractivity (Wildman–Crippen MR) is 54.9 cm³/mol. The highest BCUT2D eigenvalue weighted by Gasteiger charge is 2.35. The molecule has 2 heteroatoms. The summed E-state index contributed by atoms with van der Waals surface area (Å²) in [5.41, 5.74) is 7.55. The van der Waals surface area contributed by atoms with Crippen LogP contribution in [-0.4, -0.2) is 11.8 Å². The quantitative estimate of drug-likeness (QED) is 0.670. The molecule has 0 amide bonds. The van der Waals surface area contributed by atoms with Gasteiger partial charge in [-0.15, -0.1) is 12.3 Å². The first-order chi connectivity index (χ1) is 6.75. The Bertz CT molecular complexity index is 417. The van der Waals surface area contributed by atoms with Gasteiger partial charge in [0.1, 0.15) is 0 Å². The van der Waals surface area contributed by atoms with E-state index in [1.54, 1.807) is 0 Å². The lowest BCUT2D eigenvalue weighted by molar-refractivity contribution is 0.0967. The Labute approximate surface area is 83.1 Å². The van der Waals surface area contributed by atoms with Gasteiger partial charge in [0.15, 0.2) is 5.78 Å². The van der Waals surface area contributed by atoms with Crippen molar-refractivity contribution in [1.82, 2.24) is 0 Å². The molecule has 0 bridgehead atoms. The minimum atomic E-state index is -0.455. The van der Waals surface area contributed by atoms with Crippen molar-refractivity contribution >= 4 is 5.78 Å². The van der Waals surface area contributed by atoms with Crippen LogP contribution >= 0.6 is 0 Å². The summed E-state index contributed by atoms with van der Waals surface area (Å²) in [4.78, 5) is 11.7. The molecule has 0 aromatic heterocycles. The Kier molecular flexibility index (Phi) is 2.11. The molecule has 2 rings (SSSR count). The van der Waals surface area contributed by atoms with Gasteiger partial charge in [0.05, 0.1) is 6.04 Å². The van der Waals surface area contributed by atoms with Crippen molar-refractivity contribution < 1.29 is 4.79 Å². The highest BCUT2D eigenvalue weighted by molar-refractivity contribution is 6.05. The summed E-state index contributed by atoms with van der Waals surface area (Å²) in [6, 6.07) is 7.05. The van der Waals surface area contributed by atoms with Gasteiger partial charge in [0.2, 0.25) is 0 Å². The van der Waals surface area contributed by atoms with E-state index in [0.29, 0.717) is 6.42 Å². The molecule has 0 radical (unpaired) electrons. The first kappa shape index (κ1) is 8.98. The fourth-order valence-corrected chi connectivity index (χ4v) is 1.96. The van der Waals surface area contributed by atoms with Gasteiger partial charge in [-0.05, 0) is 5.56 Å². The van der Waals surface area contributed by atoms with Crippen LogP contribution in [0.4, 0.5) is 0 Å². The maximum atomic E-state index is 11.7. The van der Waals surface area contributed by atoms with Crippen LogP contribution in [0.25, 0.3) is 0 Å². The van der Waals surface area contributed by atoms with Crippen LogP contribution in [0.2, 0.25) is 0 Å². The summed E-state index contributed by atoms with van der Waals surface area (Å²) in [6.07, 6.45) is 5.79. The van der Waals surface area contributed by atoms with Gasteiger partial charge in [0.25, 0.3) is 0 Å². The SMILES string of the molecule is C#CCC1c2ccccc2C(=O)C1N. The van der Waals surface area contributed by atoms with Gasteiger partial charge >= 0.3 is 0 Å². The minimum Gasteiger partial charge on any atom is -0.321 e. The molecule has 70 valence electrons. The van der Waals surface area contributed by atoms with E-state index in [2.05, 4.69) is 5.92 Å². The Balaban J connectivity index is 2.49. The zero-order valence-electron chi connectivity index (χ0n) is 7.73. The van der Waals surface area contributed by atoms with Crippen molar-refractivity contribution in [3.05, 3.63) is 35.4 Å². The van der Waals surface area contributed by atoms with E-state index in [9.17, 15) is 4.79 Å². The van der Waals surface area contributed by atoms with E-state index in [4.69, 9.17) is 12.2 Å². The van der Waals surface area contributed by atoms with Crippen LogP contribution < -0.4 is 5.73 Å². The molecule has 14 heavy (non-hydrogen) atoms. The third-order valence-electron chi connectivity index (χ3n) is 2.70. The maximum Gasteiger partial charge on any atom is 0.180 e. The standard InChI is InChI=1S/C12H11NO/c1-2-5-9-8-6-3-4-7-10(8)12(14)11(9)13/h1,3-4,6-7,9,11H,5,13H2. The number of Topliss-reactive ketones (excluding diaryl/α,β-unsaturated/α-hetero) is 1. The highest BCUT2D eigenvalue weighted by atomic mass is 16.1. The van der Waals surface area contributed by atoms with Crippen molar-refractivity contribution in [1.29, 1.82) is 0 Å². The van der Waals surface area contributed by atoms with E-state index in [1.165, 1.54) is 0 Å². The maximum absolute atomic E-state index is 11.7. The van der Waals surface area contributed by atoms with Gasteiger partial charge in [-0.3, -0.25) is 4.79 Å². The predicted octanol–water partition coefficient (Wildman–Crippen LogP) is 1.32. The molecule has 1 aromatic rings. The first-order valence-electron chi connectivity index (χ1n) is 4.58. The number of hydrogen-bond donors (Lipinski definition) is 1. The number of benzene rings is 1. The summed E-state index contributed by atoms with van der Waals surface area (Å²) < 4.78 is 0. The third-order valence-corrected chi connectivity index (χ3v) is 2.70. The zero-order valence-corrected chi connectivity index (χ0v) is 7.73. The third kappa shape index (κ3) is 1.14. The molecular formula is C12H11NO. The van der Waals surface area contributed by atoms with Gasteiger partial charge in [-0.2, -0.15) is 0 Å². The number of carbonyl (C=O) groups excluding carboxylic acids is 1. The second-order valence-electron chi connectivity index (χ2n) is 3.49. The molecule has 1 aromatic carbocycles. The summed E-state index contributed by atoms with van der Waals surface area (Å²) in [5, 5.41) is 0. The molecule has 2 nitrogen and oxygen atoms in total. The normalized spacial score (nSPS) is 24.4. The number of nitrogens with two attached hydrogens (primary N) is 1. The average Bonchev–Trinajstić information content (AvgIpc) is 2.45. The monoisotopic (exact) mass is 185 g/mol. The van der Waals surface area contributed by atoms with Gasteiger partial charge in [-0.1, -0.05) is 24.3 Å². The molecule has 0 heterocycles. The van der Waals surface area contributed by atoms with E-state index >= 15 is 0 Å². The number of carbonyl (C=O) groups is 1. The zero-order chi connectivity index (χ0) is 10.1. The Morgan fingerprint density at radius 2 is 2.14 bits per heavy atom. The van der Waals surface area contributed by atoms with Crippen LogP contribution in [0, 0.1) is 12.3 Å². The first-order valence-corrected chi connectivity index (χ1v) is 4.58. The van der Waals surface area contributed by atoms with Crippen LogP contribution in [-0.2, 0) is 0 Å². The number of terminal acetylenes is 1. The molecule has 1 aliphatic carbocycles. The molecule has 2 N–H and O–H groups in total. The second kappa shape index (κ2) is 3.28.